The Morgan fingerprint density at radius 2 is 2.71 bits per heavy atom. The van der Waals surface area contributed by atoms with Crippen LogP contribution in [0.1, 0.15) is 0 Å². The van der Waals surface area contributed by atoms with E-state index in [1.807, 2.05) is 0 Å². The Morgan fingerprint density at radius 3 is 2.86 bits per heavy atom. The Labute approximate surface area is 44.8 Å². The van der Waals surface area contributed by atoms with E-state index in [1.165, 1.54) is 0 Å². The maximum absolute atomic E-state index is 9.79. The molecule has 0 saturated carbocycles. The predicted molar refractivity (Wildman–Crippen MR) is 24.1 cm³/mol. The van der Waals surface area contributed by atoms with E-state index in [2.05, 4.69) is 0 Å². The highest BCUT2D eigenvalue weighted by atomic mass is 32.1. The summed E-state index contributed by atoms with van der Waals surface area (Å²) in [6.45, 7) is 0.875. The van der Waals surface area contributed by atoms with Crippen LogP contribution in [0.15, 0.2) is 0 Å². The molecule has 0 aliphatic carbocycles. The topological polar surface area (TPSA) is 40.3 Å². The summed E-state index contributed by atoms with van der Waals surface area (Å²) < 4.78 is 11.4. The van der Waals surface area contributed by atoms with Crippen LogP contribution in [0, 0.1) is 0 Å². The molecule has 1 unspecified atom stereocenters. The van der Waals surface area contributed by atoms with Gasteiger partial charge in [-0.2, -0.15) is 0 Å². The lowest BCUT2D eigenvalue weighted by atomic mass is 10.5. The molecule has 0 bridgehead atoms. The van der Waals surface area contributed by atoms with Gasteiger partial charge in [-0.25, -0.2) is 0 Å². The van der Waals surface area contributed by atoms with Crippen molar-refractivity contribution in [2.24, 2.45) is 0 Å². The molecular weight excluding hydrogens is 114 g/mol. The summed E-state index contributed by atoms with van der Waals surface area (Å²) in [6, 6.07) is 0.155. The van der Waals surface area contributed by atoms with Crippen molar-refractivity contribution >= 4 is 11.5 Å². The first-order chi connectivity index (χ1) is 3.38. The molecule has 0 radical (unpaired) electrons. The van der Waals surface area contributed by atoms with Crippen molar-refractivity contribution in [2.75, 3.05) is 13.2 Å². The molecule has 1 heterocycles. The van der Waals surface area contributed by atoms with Crippen LogP contribution in [-0.4, -0.2) is 32.5 Å². The van der Waals surface area contributed by atoms with Crippen molar-refractivity contribution in [2.45, 2.75) is 6.04 Å². The summed E-state index contributed by atoms with van der Waals surface area (Å²) in [6.07, 6.45) is 0. The zero-order chi connectivity index (χ0) is 5.28. The van der Waals surface area contributed by atoms with Crippen LogP contribution in [0.25, 0.3) is 0 Å². The summed E-state index contributed by atoms with van der Waals surface area (Å²) in [5, 5.41) is 8.31. The average molecular weight is 120 g/mol. The second-order valence-corrected chi connectivity index (χ2v) is 2.13. The average Bonchev–Trinajstić information content (AvgIpc) is 2.43. The Bertz CT molecular complexity index is 129. The standard InChI is InChI=1S/C3H6NO2S/c5-2-3-1-4(3)7-6/h3,5H,1-2H2/q+1. The Morgan fingerprint density at radius 1 is 2.00 bits per heavy atom. The Kier molecular flexibility index (Phi) is 1.21. The fourth-order valence-electron chi connectivity index (χ4n) is 0.401. The molecule has 40 valence electrons. The second-order valence-electron chi connectivity index (χ2n) is 1.51. The number of aliphatic hydroxyl groups excluding tert-OH is 1. The lowest BCUT2D eigenvalue weighted by molar-refractivity contribution is -0.332. The maximum atomic E-state index is 9.79. The fourth-order valence-corrected chi connectivity index (χ4v) is 0.822. The van der Waals surface area contributed by atoms with Crippen LogP contribution < -0.4 is 0 Å². The van der Waals surface area contributed by atoms with E-state index in [4.69, 9.17) is 5.11 Å². The van der Waals surface area contributed by atoms with Crippen molar-refractivity contribution in [1.82, 2.24) is 0 Å². The van der Waals surface area contributed by atoms with Crippen molar-refractivity contribution in [3.8, 4) is 0 Å². The van der Waals surface area contributed by atoms with E-state index in [9.17, 15) is 4.21 Å². The number of nitrogens with zero attached hydrogens (tertiary/aromatic N) is 1. The van der Waals surface area contributed by atoms with Gasteiger partial charge >= 0.3 is 11.5 Å². The summed E-state index contributed by atoms with van der Waals surface area (Å²) in [5.74, 6) is 0. The largest absolute Gasteiger partial charge is 0.389 e. The fraction of sp³-hybridized carbons (Fsp3) is 1.00. The Hall–Kier alpha value is -0.220. The van der Waals surface area contributed by atoms with Crippen LogP contribution in [0.4, 0.5) is 0 Å². The molecule has 0 aromatic heterocycles. The van der Waals surface area contributed by atoms with E-state index >= 15 is 0 Å². The maximum Gasteiger partial charge on any atom is 0.380 e. The molecule has 1 aliphatic heterocycles. The van der Waals surface area contributed by atoms with Gasteiger partial charge in [-0.15, -0.1) is 8.15 Å². The molecule has 3 nitrogen and oxygen atoms in total. The number of hydrogen-bond acceptors (Lipinski definition) is 2. The van der Waals surface area contributed by atoms with Gasteiger partial charge in [0.2, 0.25) is 6.54 Å². The molecule has 0 spiro atoms. The third-order valence-corrected chi connectivity index (χ3v) is 1.61. The van der Waals surface area contributed by atoms with E-state index in [-0.39, 0.29) is 12.6 Å². The lowest BCUT2D eigenvalue weighted by Gasteiger charge is -1.64. The van der Waals surface area contributed by atoms with E-state index in [0.717, 1.165) is 6.54 Å². The number of aliphatic hydroxyl groups is 1. The molecule has 1 rings (SSSR count). The highest BCUT2D eigenvalue weighted by Gasteiger charge is 2.41. The third kappa shape index (κ3) is 0.863. The second kappa shape index (κ2) is 1.71. The first-order valence-corrected chi connectivity index (χ1v) is 2.75. The quantitative estimate of drug-likeness (QED) is 0.347. The van der Waals surface area contributed by atoms with Crippen LogP contribution in [0.5, 0.6) is 0 Å². The van der Waals surface area contributed by atoms with E-state index in [0.29, 0.717) is 11.5 Å². The van der Waals surface area contributed by atoms with Gasteiger partial charge in [0.25, 0.3) is 6.04 Å². The zero-order valence-corrected chi connectivity index (χ0v) is 4.52. The van der Waals surface area contributed by atoms with E-state index in [1.54, 1.807) is 3.95 Å². The summed E-state index contributed by atoms with van der Waals surface area (Å²) in [4.78, 5) is 0. The van der Waals surface area contributed by atoms with Crippen LogP contribution >= 0.6 is 0 Å². The van der Waals surface area contributed by atoms with Gasteiger partial charge in [0.1, 0.15) is 6.61 Å². The molecule has 0 amide bonds. The summed E-state index contributed by atoms with van der Waals surface area (Å²) in [7, 11) is 0. The molecule has 1 saturated heterocycles. The minimum atomic E-state index is 0.120. The molecule has 0 aromatic rings. The van der Waals surface area contributed by atoms with Crippen LogP contribution in [0.2, 0.25) is 0 Å². The summed E-state index contributed by atoms with van der Waals surface area (Å²) >= 11 is 0.447. The highest BCUT2D eigenvalue weighted by Crippen LogP contribution is 2.05. The van der Waals surface area contributed by atoms with Gasteiger partial charge < -0.3 is 5.11 Å². The smallest absolute Gasteiger partial charge is 0.380 e. The number of rotatable bonds is 1. The van der Waals surface area contributed by atoms with Gasteiger partial charge in [-0.1, -0.05) is 0 Å². The summed E-state index contributed by atoms with van der Waals surface area (Å²) in [5.41, 5.74) is 0. The molecule has 4 heteroatoms. The minimum absolute atomic E-state index is 0.120. The van der Waals surface area contributed by atoms with Gasteiger partial charge in [-0.3, -0.25) is 0 Å². The molecule has 7 heavy (non-hydrogen) atoms. The van der Waals surface area contributed by atoms with Crippen molar-refractivity contribution in [1.29, 1.82) is 0 Å². The van der Waals surface area contributed by atoms with Gasteiger partial charge in [-0.05, 0) is 0 Å². The highest BCUT2D eigenvalue weighted by molar-refractivity contribution is 7.51. The molecule has 0 aromatic carbocycles. The van der Waals surface area contributed by atoms with E-state index < -0.39 is 0 Å². The number of hydrogen-bond donors (Lipinski definition) is 1. The molecule has 1 N–H and O–H groups in total. The SMILES string of the molecule is O=S=[N+]1CC1CO. The van der Waals surface area contributed by atoms with Crippen LogP contribution in [-0.2, 0) is 11.5 Å². The van der Waals surface area contributed by atoms with Crippen molar-refractivity contribution in [3.63, 3.8) is 0 Å². The molecular formula is C3H6NO2S+. The Balaban J connectivity index is 2.45. The zero-order valence-electron chi connectivity index (χ0n) is 3.70. The predicted octanol–water partition coefficient (Wildman–Crippen LogP) is -1.23. The van der Waals surface area contributed by atoms with Gasteiger partial charge in [0, 0.05) is 0 Å². The van der Waals surface area contributed by atoms with Crippen molar-refractivity contribution < 1.29 is 13.3 Å². The first-order valence-electron chi connectivity index (χ1n) is 2.06. The normalized spacial score (nSPS) is 27.6. The molecule has 1 atom stereocenters. The third-order valence-electron chi connectivity index (χ3n) is 0.971. The monoisotopic (exact) mass is 120 g/mol. The molecule has 1 aliphatic rings. The van der Waals surface area contributed by atoms with Crippen LogP contribution in [0.3, 0.4) is 0 Å². The minimum Gasteiger partial charge on any atom is -0.389 e. The van der Waals surface area contributed by atoms with Gasteiger partial charge in [0.05, 0.1) is 0 Å². The lowest BCUT2D eigenvalue weighted by Crippen LogP contribution is -1.93. The first kappa shape index (κ1) is 4.93. The van der Waals surface area contributed by atoms with Gasteiger partial charge in [0.15, 0.2) is 0 Å². The van der Waals surface area contributed by atoms with Crippen molar-refractivity contribution in [3.05, 3.63) is 0 Å². The molecule has 1 fully saturated rings.